The topological polar surface area (TPSA) is 72.3 Å². The van der Waals surface area contributed by atoms with E-state index in [2.05, 4.69) is 5.10 Å². The van der Waals surface area contributed by atoms with Gasteiger partial charge in [0.05, 0.1) is 23.3 Å². The van der Waals surface area contributed by atoms with Gasteiger partial charge in [0.1, 0.15) is 5.82 Å². The fraction of sp³-hybridized carbons (Fsp3) is 0.238. The molecule has 0 bridgehead atoms. The van der Waals surface area contributed by atoms with Crippen molar-refractivity contribution in [2.75, 3.05) is 6.54 Å². The summed E-state index contributed by atoms with van der Waals surface area (Å²) >= 11 is 0. The van der Waals surface area contributed by atoms with Gasteiger partial charge in [-0.05, 0) is 36.8 Å². The van der Waals surface area contributed by atoms with Crippen molar-refractivity contribution < 1.29 is 26.4 Å². The lowest BCUT2D eigenvalue weighted by Crippen LogP contribution is -2.27. The molecule has 0 aliphatic carbocycles. The number of halogens is 3. The molecule has 2 aromatic carbocycles. The summed E-state index contributed by atoms with van der Waals surface area (Å²) in [5.41, 5.74) is 0.920. The van der Waals surface area contributed by atoms with Crippen LogP contribution in [-0.4, -0.2) is 35.0 Å². The van der Waals surface area contributed by atoms with Gasteiger partial charge in [0, 0.05) is 24.9 Å². The zero-order chi connectivity index (χ0) is 22.3. The molecule has 6 nitrogen and oxygen atoms in total. The number of carbonyl (C=O) groups is 1. The highest BCUT2D eigenvalue weighted by Crippen LogP contribution is 2.32. The van der Waals surface area contributed by atoms with Crippen molar-refractivity contribution in [1.29, 1.82) is 0 Å². The first-order chi connectivity index (χ1) is 14.7. The molecule has 3 aromatic rings. The minimum absolute atomic E-state index is 0.00555. The van der Waals surface area contributed by atoms with Crippen LogP contribution in [0.15, 0.2) is 53.6 Å². The second-order valence-electron chi connectivity index (χ2n) is 7.45. The Morgan fingerprint density at radius 3 is 2.52 bits per heavy atom. The van der Waals surface area contributed by atoms with Gasteiger partial charge >= 0.3 is 0 Å². The van der Waals surface area contributed by atoms with Crippen LogP contribution in [0.4, 0.5) is 13.2 Å². The summed E-state index contributed by atoms with van der Waals surface area (Å²) in [7, 11) is -3.98. The minimum atomic E-state index is -3.98. The molecule has 1 aliphatic heterocycles. The van der Waals surface area contributed by atoms with Crippen LogP contribution < -0.4 is 0 Å². The van der Waals surface area contributed by atoms with E-state index in [0.717, 1.165) is 15.7 Å². The largest absolute Gasteiger partial charge is 0.336 e. The number of hydrogen-bond donors (Lipinski definition) is 0. The summed E-state index contributed by atoms with van der Waals surface area (Å²) in [5, 5.41) is 3.90. The van der Waals surface area contributed by atoms with E-state index in [9.17, 15) is 26.4 Å². The van der Waals surface area contributed by atoms with Crippen molar-refractivity contribution in [3.05, 3.63) is 82.9 Å². The lowest BCUT2D eigenvalue weighted by atomic mass is 9.97. The smallest absolute Gasteiger partial charge is 0.283 e. The normalized spacial score (nSPS) is 16.8. The quantitative estimate of drug-likeness (QED) is 0.560. The second kappa shape index (κ2) is 7.84. The maximum absolute atomic E-state index is 14.1. The molecule has 31 heavy (non-hydrogen) atoms. The number of hydrogen-bond acceptors (Lipinski definition) is 4. The van der Waals surface area contributed by atoms with E-state index in [1.54, 1.807) is 12.1 Å². The predicted octanol–water partition coefficient (Wildman–Crippen LogP) is 3.36. The van der Waals surface area contributed by atoms with Crippen molar-refractivity contribution in [2.45, 2.75) is 30.7 Å². The highest BCUT2D eigenvalue weighted by molar-refractivity contribution is 7.89. The van der Waals surface area contributed by atoms with E-state index >= 15 is 0 Å². The molecule has 1 fully saturated rings. The summed E-state index contributed by atoms with van der Waals surface area (Å²) in [6.07, 6.45) is 1.17. The fourth-order valence-electron chi connectivity index (χ4n) is 3.66. The standard InChI is InChI=1S/C21H18F3N3O3S/c1-13-2-4-17(5-3-13)31(29,30)27-16(6-7-25-27)12-26-11-14(8-20(26)28)18-9-15(22)10-19(23)21(18)24/h2-7,9-10,14H,8,11-12H2,1H3. The minimum Gasteiger partial charge on any atom is -0.336 e. The lowest BCUT2D eigenvalue weighted by molar-refractivity contribution is -0.128. The number of amides is 1. The Bertz CT molecular complexity index is 1260. The highest BCUT2D eigenvalue weighted by atomic mass is 32.2. The molecule has 1 saturated heterocycles. The van der Waals surface area contributed by atoms with Crippen molar-refractivity contribution in [3.8, 4) is 0 Å². The zero-order valence-corrected chi connectivity index (χ0v) is 17.2. The molecule has 0 radical (unpaired) electrons. The van der Waals surface area contributed by atoms with Gasteiger partial charge in [0.2, 0.25) is 5.91 Å². The average Bonchev–Trinajstić information content (AvgIpc) is 3.32. The maximum Gasteiger partial charge on any atom is 0.283 e. The van der Waals surface area contributed by atoms with Crippen molar-refractivity contribution in [1.82, 2.24) is 14.1 Å². The van der Waals surface area contributed by atoms with Crippen LogP contribution in [0.2, 0.25) is 0 Å². The van der Waals surface area contributed by atoms with E-state index in [1.165, 1.54) is 29.3 Å². The first-order valence-electron chi connectivity index (χ1n) is 9.44. The van der Waals surface area contributed by atoms with E-state index in [1.807, 2.05) is 6.92 Å². The molecular formula is C21H18F3N3O3S. The van der Waals surface area contributed by atoms with E-state index in [4.69, 9.17) is 0 Å². The molecule has 1 aliphatic rings. The number of likely N-dealkylation sites (tertiary alicyclic amines) is 1. The summed E-state index contributed by atoms with van der Waals surface area (Å²) in [6, 6.07) is 9.06. The molecule has 0 N–H and O–H groups in total. The number of carbonyl (C=O) groups excluding carboxylic acids is 1. The van der Waals surface area contributed by atoms with Crippen LogP contribution in [0.5, 0.6) is 0 Å². The third kappa shape index (κ3) is 3.95. The summed E-state index contributed by atoms with van der Waals surface area (Å²) in [5.74, 6) is -4.56. The Morgan fingerprint density at radius 2 is 1.81 bits per heavy atom. The zero-order valence-electron chi connectivity index (χ0n) is 16.4. The van der Waals surface area contributed by atoms with Gasteiger partial charge in [-0.1, -0.05) is 17.7 Å². The lowest BCUT2D eigenvalue weighted by Gasteiger charge is -2.18. The van der Waals surface area contributed by atoms with E-state index in [-0.39, 0.29) is 41.6 Å². The van der Waals surface area contributed by atoms with Crippen LogP contribution in [0.25, 0.3) is 0 Å². The van der Waals surface area contributed by atoms with Gasteiger partial charge < -0.3 is 4.90 Å². The van der Waals surface area contributed by atoms with Gasteiger partial charge in [-0.2, -0.15) is 17.6 Å². The molecule has 162 valence electrons. The number of aryl methyl sites for hydroxylation is 1. The van der Waals surface area contributed by atoms with Crippen molar-refractivity contribution in [2.24, 2.45) is 0 Å². The molecule has 0 spiro atoms. The first-order valence-corrected chi connectivity index (χ1v) is 10.9. The van der Waals surface area contributed by atoms with Gasteiger partial charge in [0.15, 0.2) is 11.6 Å². The Morgan fingerprint density at radius 1 is 1.10 bits per heavy atom. The first kappa shape index (κ1) is 21.1. The molecule has 1 unspecified atom stereocenters. The monoisotopic (exact) mass is 449 g/mol. The molecule has 1 aromatic heterocycles. The Labute approximate surface area is 177 Å². The van der Waals surface area contributed by atoms with Crippen LogP contribution in [-0.2, 0) is 21.4 Å². The second-order valence-corrected chi connectivity index (χ2v) is 9.22. The SMILES string of the molecule is Cc1ccc(S(=O)(=O)n2nccc2CN2CC(c3cc(F)cc(F)c3F)CC2=O)cc1. The van der Waals surface area contributed by atoms with Crippen LogP contribution >= 0.6 is 0 Å². The van der Waals surface area contributed by atoms with Crippen molar-refractivity contribution >= 4 is 15.9 Å². The van der Waals surface area contributed by atoms with Gasteiger partial charge in [-0.15, -0.1) is 0 Å². The van der Waals surface area contributed by atoms with Crippen molar-refractivity contribution in [3.63, 3.8) is 0 Å². The predicted molar refractivity (Wildman–Crippen MR) is 105 cm³/mol. The maximum atomic E-state index is 14.1. The summed E-state index contributed by atoms with van der Waals surface area (Å²) < 4.78 is 68.0. The third-order valence-electron chi connectivity index (χ3n) is 5.26. The Hall–Kier alpha value is -3.14. The molecule has 1 amide bonds. The molecular weight excluding hydrogens is 431 g/mol. The molecule has 4 rings (SSSR count). The number of nitrogens with zero attached hydrogens (tertiary/aromatic N) is 3. The number of aromatic nitrogens is 2. The Kier molecular flexibility index (Phi) is 5.34. The summed E-state index contributed by atoms with van der Waals surface area (Å²) in [4.78, 5) is 13.8. The van der Waals surface area contributed by atoms with Crippen LogP contribution in [0.1, 0.15) is 29.2 Å². The van der Waals surface area contributed by atoms with Gasteiger partial charge in [-0.3, -0.25) is 4.79 Å². The highest BCUT2D eigenvalue weighted by Gasteiger charge is 2.34. The van der Waals surface area contributed by atoms with Gasteiger partial charge in [-0.25, -0.2) is 13.2 Å². The van der Waals surface area contributed by atoms with Crippen LogP contribution in [0, 0.1) is 24.4 Å². The van der Waals surface area contributed by atoms with Gasteiger partial charge in [0.25, 0.3) is 10.0 Å². The average molecular weight is 449 g/mol. The van der Waals surface area contributed by atoms with E-state index in [0.29, 0.717) is 6.07 Å². The number of rotatable bonds is 5. The number of benzene rings is 2. The molecule has 2 heterocycles. The molecule has 1 atom stereocenters. The van der Waals surface area contributed by atoms with Crippen LogP contribution in [0.3, 0.4) is 0 Å². The fourth-order valence-corrected chi connectivity index (χ4v) is 4.94. The summed E-state index contributed by atoms with van der Waals surface area (Å²) in [6.45, 7) is 1.73. The molecule has 10 heteroatoms. The third-order valence-corrected chi connectivity index (χ3v) is 6.91. The Balaban J connectivity index is 1.59. The molecule has 0 saturated carbocycles. The van der Waals surface area contributed by atoms with E-state index < -0.39 is 33.4 Å².